The van der Waals surface area contributed by atoms with Gasteiger partial charge in [0, 0.05) is 39.3 Å². The van der Waals surface area contributed by atoms with E-state index in [0.29, 0.717) is 30.8 Å². The van der Waals surface area contributed by atoms with Gasteiger partial charge in [-0.25, -0.2) is 4.98 Å². The summed E-state index contributed by atoms with van der Waals surface area (Å²) < 4.78 is 7.07. The molecule has 1 aromatic heterocycles. The number of hydrogen-bond donors (Lipinski definition) is 1. The minimum absolute atomic E-state index is 0.0789. The van der Waals surface area contributed by atoms with Gasteiger partial charge in [0.25, 0.3) is 5.56 Å². The first-order valence-electron chi connectivity index (χ1n) is 14.2. The number of anilines is 1. The summed E-state index contributed by atoms with van der Waals surface area (Å²) in [5.74, 6) is -0.276. The van der Waals surface area contributed by atoms with E-state index >= 15 is 0 Å². The third-order valence-electron chi connectivity index (χ3n) is 7.96. The second-order valence-electron chi connectivity index (χ2n) is 10.9. The molecule has 1 atom stereocenters. The molecule has 0 spiro atoms. The van der Waals surface area contributed by atoms with Crippen molar-refractivity contribution >= 4 is 28.5 Å². The summed E-state index contributed by atoms with van der Waals surface area (Å²) in [5.41, 5.74) is 6.89. The zero-order valence-electron chi connectivity index (χ0n) is 24.6. The monoisotopic (exact) mass is 567 g/mol. The molecule has 0 radical (unpaired) electrons. The molecule has 1 N–H and O–H groups in total. The first kappa shape index (κ1) is 29.2. The summed E-state index contributed by atoms with van der Waals surface area (Å²) in [6, 6.07) is 19.5. The van der Waals surface area contributed by atoms with Crippen LogP contribution in [-0.2, 0) is 20.9 Å². The van der Waals surface area contributed by atoms with E-state index in [0.717, 1.165) is 46.6 Å². The van der Waals surface area contributed by atoms with Gasteiger partial charge in [-0.2, -0.15) is 0 Å². The zero-order valence-corrected chi connectivity index (χ0v) is 24.6. The Morgan fingerprint density at radius 3 is 2.43 bits per heavy atom. The van der Waals surface area contributed by atoms with E-state index in [2.05, 4.69) is 27.3 Å². The second-order valence-corrected chi connectivity index (χ2v) is 10.9. The molecule has 1 saturated heterocycles. The number of benzene rings is 3. The molecule has 3 aromatic carbocycles. The normalized spacial score (nSPS) is 14.5. The van der Waals surface area contributed by atoms with Gasteiger partial charge in [-0.1, -0.05) is 36.4 Å². The molecule has 2 heterocycles. The summed E-state index contributed by atoms with van der Waals surface area (Å²) in [6.45, 7) is 8.95. The molecule has 1 aliphatic rings. The number of nitrogens with one attached hydrogen (secondary N) is 1. The number of hydrogen-bond acceptors (Lipinski definition) is 6. The Labute approximate surface area is 245 Å². The number of rotatable bonds is 8. The Balaban J connectivity index is 1.43. The number of amides is 2. The average molecular weight is 568 g/mol. The maximum absolute atomic E-state index is 13.8. The second kappa shape index (κ2) is 12.7. The number of carbonyl (C=O) groups excluding carboxylic acids is 2. The maximum atomic E-state index is 13.8. The fraction of sp³-hybridized carbons (Fsp3) is 0.333. The van der Waals surface area contributed by atoms with Crippen LogP contribution < -0.4 is 10.9 Å². The van der Waals surface area contributed by atoms with E-state index in [-0.39, 0.29) is 30.0 Å². The van der Waals surface area contributed by atoms with Gasteiger partial charge in [-0.15, -0.1) is 0 Å². The van der Waals surface area contributed by atoms with Crippen molar-refractivity contribution in [3.8, 4) is 11.1 Å². The van der Waals surface area contributed by atoms with Crippen LogP contribution in [0.4, 0.5) is 5.69 Å². The highest BCUT2D eigenvalue weighted by Gasteiger charge is 2.26. The summed E-state index contributed by atoms with van der Waals surface area (Å²) in [5, 5.41) is 2.83. The highest BCUT2D eigenvalue weighted by molar-refractivity contribution is 5.89. The number of carbonyl (C=O) groups is 2. The number of ether oxygens (including phenoxy) is 1. The third-order valence-corrected chi connectivity index (χ3v) is 7.96. The molecule has 218 valence electrons. The van der Waals surface area contributed by atoms with Crippen molar-refractivity contribution in [3.05, 3.63) is 93.9 Å². The zero-order chi connectivity index (χ0) is 29.8. The highest BCUT2D eigenvalue weighted by Crippen LogP contribution is 2.28. The maximum Gasteiger partial charge on any atom is 0.269 e. The van der Waals surface area contributed by atoms with E-state index in [1.807, 2.05) is 69.4 Å². The molecule has 1 fully saturated rings. The molecule has 5 rings (SSSR count). The topological polar surface area (TPSA) is 96.8 Å². The van der Waals surface area contributed by atoms with Crippen molar-refractivity contribution in [2.24, 2.45) is 0 Å². The molecule has 1 unspecified atom stereocenters. The molecule has 4 aromatic rings. The largest absolute Gasteiger partial charge is 0.379 e. The van der Waals surface area contributed by atoms with Crippen LogP contribution >= 0.6 is 0 Å². The molecule has 1 aliphatic heterocycles. The quantitative estimate of drug-likeness (QED) is 0.343. The van der Waals surface area contributed by atoms with E-state index in [4.69, 9.17) is 4.74 Å². The van der Waals surface area contributed by atoms with E-state index < -0.39 is 0 Å². The molecule has 9 heteroatoms. The minimum atomic E-state index is -0.303. The van der Waals surface area contributed by atoms with Crippen molar-refractivity contribution in [1.82, 2.24) is 19.4 Å². The standard InChI is InChI=1S/C33H37N5O4/c1-22-16-29-30(17-23(22)2)38(32(40)19-34-29)21-33(41)36(4)31(20-37-12-14-42-15-13-37)26-10-8-25(9-11-26)27-6-5-7-28(18-27)35-24(3)39/h5-11,16-19,31H,12-15,20-21H2,1-4H3,(H,35,39). The molecule has 0 bridgehead atoms. The molecule has 0 saturated carbocycles. The lowest BCUT2D eigenvalue weighted by Crippen LogP contribution is -2.45. The third kappa shape index (κ3) is 6.58. The fourth-order valence-electron chi connectivity index (χ4n) is 5.36. The van der Waals surface area contributed by atoms with Crippen molar-refractivity contribution in [2.75, 3.05) is 45.2 Å². The van der Waals surface area contributed by atoms with Crippen LogP contribution in [0.2, 0.25) is 0 Å². The minimum Gasteiger partial charge on any atom is -0.379 e. The highest BCUT2D eigenvalue weighted by atomic mass is 16.5. The van der Waals surface area contributed by atoms with Crippen LogP contribution in [0, 0.1) is 13.8 Å². The number of nitrogens with zero attached hydrogens (tertiary/aromatic N) is 4. The van der Waals surface area contributed by atoms with Gasteiger partial charge in [0.2, 0.25) is 11.8 Å². The van der Waals surface area contributed by atoms with Gasteiger partial charge in [0.15, 0.2) is 0 Å². The Kier molecular flexibility index (Phi) is 8.80. The van der Waals surface area contributed by atoms with Crippen molar-refractivity contribution < 1.29 is 14.3 Å². The molecule has 2 amide bonds. The van der Waals surface area contributed by atoms with Crippen LogP contribution in [0.1, 0.15) is 29.7 Å². The summed E-state index contributed by atoms with van der Waals surface area (Å²) in [6.07, 6.45) is 1.29. The average Bonchev–Trinajstić information content (AvgIpc) is 2.98. The number of aromatic nitrogens is 2. The molecule has 42 heavy (non-hydrogen) atoms. The Morgan fingerprint density at radius 1 is 1.00 bits per heavy atom. The molecular weight excluding hydrogens is 530 g/mol. The first-order chi connectivity index (χ1) is 20.2. The Morgan fingerprint density at radius 2 is 1.71 bits per heavy atom. The van der Waals surface area contributed by atoms with Crippen molar-refractivity contribution in [2.45, 2.75) is 33.4 Å². The number of likely N-dealkylation sites (N-methyl/N-ethyl adjacent to an activating group) is 1. The van der Waals surface area contributed by atoms with Crippen molar-refractivity contribution in [1.29, 1.82) is 0 Å². The van der Waals surface area contributed by atoms with Crippen LogP contribution in [0.15, 0.2) is 71.7 Å². The Hall–Kier alpha value is -4.34. The van der Waals surface area contributed by atoms with E-state index in [1.54, 1.807) is 4.90 Å². The van der Waals surface area contributed by atoms with Crippen LogP contribution in [0.5, 0.6) is 0 Å². The first-order valence-corrected chi connectivity index (χ1v) is 14.2. The van der Waals surface area contributed by atoms with Crippen LogP contribution in [0.3, 0.4) is 0 Å². The van der Waals surface area contributed by atoms with Gasteiger partial charge in [-0.05, 0) is 65.9 Å². The predicted molar refractivity (Wildman–Crippen MR) is 164 cm³/mol. The van der Waals surface area contributed by atoms with Crippen LogP contribution in [0.25, 0.3) is 22.2 Å². The van der Waals surface area contributed by atoms with Gasteiger partial charge < -0.3 is 15.0 Å². The molecule has 0 aliphatic carbocycles. The number of aryl methyl sites for hydroxylation is 2. The van der Waals surface area contributed by atoms with E-state index in [1.165, 1.54) is 17.7 Å². The lowest BCUT2D eigenvalue weighted by molar-refractivity contribution is -0.133. The van der Waals surface area contributed by atoms with Gasteiger partial charge >= 0.3 is 0 Å². The van der Waals surface area contributed by atoms with E-state index in [9.17, 15) is 14.4 Å². The smallest absolute Gasteiger partial charge is 0.269 e. The van der Waals surface area contributed by atoms with Crippen molar-refractivity contribution in [3.63, 3.8) is 0 Å². The molecule has 9 nitrogen and oxygen atoms in total. The lowest BCUT2D eigenvalue weighted by Gasteiger charge is -2.35. The summed E-state index contributed by atoms with van der Waals surface area (Å²) >= 11 is 0. The summed E-state index contributed by atoms with van der Waals surface area (Å²) in [4.78, 5) is 46.6. The Bertz CT molecular complexity index is 1660. The number of fused-ring (bicyclic) bond motifs is 1. The predicted octanol–water partition coefficient (Wildman–Crippen LogP) is 4.17. The van der Waals surface area contributed by atoms with Crippen LogP contribution in [-0.4, -0.2) is 71.1 Å². The van der Waals surface area contributed by atoms with Gasteiger partial charge in [-0.3, -0.25) is 23.9 Å². The lowest BCUT2D eigenvalue weighted by atomic mass is 9.99. The molecular formula is C33H37N5O4. The van der Waals surface area contributed by atoms with Gasteiger partial charge in [0.1, 0.15) is 6.54 Å². The van der Waals surface area contributed by atoms with Gasteiger partial charge in [0.05, 0.1) is 36.5 Å². The summed E-state index contributed by atoms with van der Waals surface area (Å²) in [7, 11) is 1.81. The fourth-order valence-corrected chi connectivity index (χ4v) is 5.36. The SMILES string of the molecule is CC(=O)Nc1cccc(-c2ccc(C(CN3CCOCC3)N(C)C(=O)Cn3c(=O)cnc4cc(C)c(C)cc43)cc2)c1. The number of morpholine rings is 1.